The van der Waals surface area contributed by atoms with Crippen LogP contribution in [0.2, 0.25) is 0 Å². The minimum atomic E-state index is -0.283. The van der Waals surface area contributed by atoms with Crippen molar-refractivity contribution in [3.8, 4) is 0 Å². The standard InChI is InChI=1S/C16H24O2/c1-5-10-14(2)11-8-6-7-9-12-15(3)13-16(17)18-4/h5-8,11,13-14H,1,9-10,12H2,2-4H3/b7-6+,11-8-,15-13-/t14-/m0/s1. The maximum absolute atomic E-state index is 11.0. The normalized spacial score (nSPS) is 14.1. The van der Waals surface area contributed by atoms with Gasteiger partial charge in [-0.15, -0.1) is 6.92 Å². The van der Waals surface area contributed by atoms with E-state index >= 15 is 0 Å². The van der Waals surface area contributed by atoms with E-state index in [2.05, 4.69) is 36.8 Å². The number of hydrogen-bond acceptors (Lipinski definition) is 2. The molecule has 0 saturated heterocycles. The van der Waals surface area contributed by atoms with E-state index in [9.17, 15) is 4.79 Å². The first-order chi connectivity index (χ1) is 8.60. The molecule has 1 atom stereocenters. The molecule has 2 heteroatoms. The van der Waals surface area contributed by atoms with Crippen LogP contribution in [0.1, 0.15) is 33.1 Å². The number of esters is 1. The van der Waals surface area contributed by atoms with Crippen LogP contribution in [-0.2, 0) is 9.53 Å². The van der Waals surface area contributed by atoms with E-state index in [0.29, 0.717) is 5.92 Å². The van der Waals surface area contributed by atoms with Gasteiger partial charge >= 0.3 is 5.97 Å². The van der Waals surface area contributed by atoms with Gasteiger partial charge in [-0.05, 0) is 19.8 Å². The van der Waals surface area contributed by atoms with Crippen molar-refractivity contribution >= 4 is 5.97 Å². The van der Waals surface area contributed by atoms with Crippen LogP contribution in [0.4, 0.5) is 0 Å². The molecule has 18 heavy (non-hydrogen) atoms. The smallest absolute Gasteiger partial charge is 0.330 e. The summed E-state index contributed by atoms with van der Waals surface area (Å²) in [6.45, 7) is 7.81. The minimum Gasteiger partial charge on any atom is -0.466 e. The molecule has 0 aromatic carbocycles. The van der Waals surface area contributed by atoms with Crippen LogP contribution < -0.4 is 0 Å². The number of methoxy groups -OCH3 is 1. The average molecular weight is 248 g/mol. The van der Waals surface area contributed by atoms with Gasteiger partial charge in [-0.1, -0.05) is 43.2 Å². The van der Waals surface area contributed by atoms with Gasteiger partial charge in [0.15, 0.2) is 0 Å². The van der Waals surface area contributed by atoms with Crippen molar-refractivity contribution < 1.29 is 9.53 Å². The highest BCUT2D eigenvalue weighted by atomic mass is 16.5. The zero-order valence-electron chi connectivity index (χ0n) is 11.7. The highest BCUT2D eigenvalue weighted by Gasteiger charge is 1.96. The minimum absolute atomic E-state index is 0.283. The average Bonchev–Trinajstić information content (AvgIpc) is 2.33. The Balaban J connectivity index is 3.84. The van der Waals surface area contributed by atoms with Gasteiger partial charge in [0.25, 0.3) is 0 Å². The molecule has 100 valence electrons. The van der Waals surface area contributed by atoms with Crippen molar-refractivity contribution in [2.24, 2.45) is 5.92 Å². The summed E-state index contributed by atoms with van der Waals surface area (Å²) in [7, 11) is 1.39. The third kappa shape index (κ3) is 9.76. The van der Waals surface area contributed by atoms with Crippen LogP contribution >= 0.6 is 0 Å². The maximum atomic E-state index is 11.0. The topological polar surface area (TPSA) is 26.3 Å². The van der Waals surface area contributed by atoms with Gasteiger partial charge in [-0.25, -0.2) is 4.79 Å². The van der Waals surface area contributed by atoms with Crippen molar-refractivity contribution in [1.82, 2.24) is 0 Å². The van der Waals surface area contributed by atoms with Gasteiger partial charge in [0.1, 0.15) is 0 Å². The molecule has 0 aromatic heterocycles. The summed E-state index contributed by atoms with van der Waals surface area (Å²) in [4.78, 5) is 11.0. The van der Waals surface area contributed by atoms with E-state index in [1.807, 2.05) is 19.4 Å². The maximum Gasteiger partial charge on any atom is 0.330 e. The molecule has 0 aliphatic carbocycles. The Kier molecular flexibility index (Phi) is 9.84. The number of carbonyl (C=O) groups excluding carboxylic acids is 1. The second-order valence-corrected chi connectivity index (χ2v) is 4.37. The van der Waals surface area contributed by atoms with Gasteiger partial charge in [0.2, 0.25) is 0 Å². The molecule has 0 radical (unpaired) electrons. The second kappa shape index (κ2) is 10.7. The van der Waals surface area contributed by atoms with Gasteiger partial charge < -0.3 is 4.74 Å². The van der Waals surface area contributed by atoms with Crippen LogP contribution in [0, 0.1) is 19.3 Å². The Morgan fingerprint density at radius 1 is 1.44 bits per heavy atom. The molecular formula is C16H24O2. The predicted molar refractivity (Wildman–Crippen MR) is 76.7 cm³/mol. The van der Waals surface area contributed by atoms with Crippen LogP contribution in [0.3, 0.4) is 0 Å². The molecule has 2 nitrogen and oxygen atoms in total. The van der Waals surface area contributed by atoms with Gasteiger partial charge in [0, 0.05) is 12.0 Å². The molecule has 0 N–H and O–H groups in total. The molecule has 0 aliphatic rings. The first kappa shape index (κ1) is 16.6. The quantitative estimate of drug-likeness (QED) is 0.280. The third-order valence-corrected chi connectivity index (χ3v) is 2.50. The third-order valence-electron chi connectivity index (χ3n) is 2.50. The summed E-state index contributed by atoms with van der Waals surface area (Å²) in [5, 5.41) is 0. The van der Waals surface area contributed by atoms with E-state index < -0.39 is 0 Å². The number of allylic oxidation sites excluding steroid dienone is 5. The fraction of sp³-hybridized carbons (Fsp3) is 0.438. The van der Waals surface area contributed by atoms with Crippen molar-refractivity contribution in [3.05, 3.63) is 49.3 Å². The number of ether oxygens (including phenoxy) is 1. The Hall–Kier alpha value is -1.44. The molecule has 0 saturated carbocycles. The fourth-order valence-electron chi connectivity index (χ4n) is 1.41. The molecule has 0 unspecified atom stereocenters. The van der Waals surface area contributed by atoms with Crippen LogP contribution in [0.25, 0.3) is 0 Å². The lowest BCUT2D eigenvalue weighted by molar-refractivity contribution is -0.134. The van der Waals surface area contributed by atoms with Crippen molar-refractivity contribution in [2.75, 3.05) is 7.11 Å². The molecular weight excluding hydrogens is 224 g/mol. The van der Waals surface area contributed by atoms with E-state index in [1.165, 1.54) is 13.2 Å². The summed E-state index contributed by atoms with van der Waals surface area (Å²) in [5.74, 6) is 0.253. The first-order valence-electron chi connectivity index (χ1n) is 6.29. The van der Waals surface area contributed by atoms with E-state index in [-0.39, 0.29) is 5.97 Å². The summed E-state index contributed by atoms with van der Waals surface area (Å²) < 4.78 is 4.56. The lowest BCUT2D eigenvalue weighted by atomic mass is 10.1. The Labute approximate surface area is 111 Å². The van der Waals surface area contributed by atoms with Crippen LogP contribution in [0.15, 0.2) is 36.0 Å². The Morgan fingerprint density at radius 2 is 2.17 bits per heavy atom. The Morgan fingerprint density at radius 3 is 2.78 bits per heavy atom. The molecule has 0 heterocycles. The van der Waals surface area contributed by atoms with E-state index in [0.717, 1.165) is 24.8 Å². The molecule has 0 fully saturated rings. The number of hydrogen-bond donors (Lipinski definition) is 0. The lowest BCUT2D eigenvalue weighted by Crippen LogP contribution is -1.95. The SMILES string of the molecule is [CH2-][CH+]C[C@H](C)/C=C\C=C\CC/C(C)=C\C(=O)OC. The molecule has 0 amide bonds. The second-order valence-electron chi connectivity index (χ2n) is 4.37. The van der Waals surface area contributed by atoms with Gasteiger partial charge in [0.05, 0.1) is 13.5 Å². The van der Waals surface area contributed by atoms with Crippen molar-refractivity contribution in [1.29, 1.82) is 0 Å². The molecule has 0 spiro atoms. The van der Waals surface area contributed by atoms with Gasteiger partial charge in [-0.2, -0.15) is 0 Å². The fourth-order valence-corrected chi connectivity index (χ4v) is 1.41. The lowest BCUT2D eigenvalue weighted by Gasteiger charge is -1.98. The molecule has 0 aromatic rings. The van der Waals surface area contributed by atoms with Gasteiger partial charge in [-0.3, -0.25) is 0 Å². The predicted octanol–water partition coefficient (Wildman–Crippen LogP) is 4.06. The Bertz CT molecular complexity index is 311. The van der Waals surface area contributed by atoms with E-state index in [4.69, 9.17) is 0 Å². The highest BCUT2D eigenvalue weighted by Crippen LogP contribution is 2.07. The monoisotopic (exact) mass is 248 g/mol. The molecule has 0 rings (SSSR count). The van der Waals surface area contributed by atoms with Crippen molar-refractivity contribution in [3.63, 3.8) is 0 Å². The highest BCUT2D eigenvalue weighted by molar-refractivity contribution is 5.82. The van der Waals surface area contributed by atoms with Crippen molar-refractivity contribution in [2.45, 2.75) is 33.1 Å². The number of rotatable bonds is 8. The summed E-state index contributed by atoms with van der Waals surface area (Å²) >= 11 is 0. The zero-order valence-corrected chi connectivity index (χ0v) is 11.7. The number of carbonyl (C=O) groups is 1. The molecule has 0 bridgehead atoms. The largest absolute Gasteiger partial charge is 0.466 e. The first-order valence-corrected chi connectivity index (χ1v) is 6.29. The summed E-state index contributed by atoms with van der Waals surface area (Å²) in [6.07, 6.45) is 14.7. The zero-order chi connectivity index (χ0) is 13.8. The molecule has 0 aliphatic heterocycles. The van der Waals surface area contributed by atoms with Crippen LogP contribution in [-0.4, -0.2) is 13.1 Å². The van der Waals surface area contributed by atoms with Crippen LogP contribution in [0.5, 0.6) is 0 Å². The summed E-state index contributed by atoms with van der Waals surface area (Å²) in [6, 6.07) is 0. The summed E-state index contributed by atoms with van der Waals surface area (Å²) in [5.41, 5.74) is 1.04. The van der Waals surface area contributed by atoms with E-state index in [1.54, 1.807) is 0 Å².